The SMILES string of the molecule is CC(C)NCCCC(=O)c1ccc(C(C)(C)C)cc1. The van der Waals surface area contributed by atoms with Crippen molar-refractivity contribution in [3.63, 3.8) is 0 Å². The van der Waals surface area contributed by atoms with Gasteiger partial charge in [-0.3, -0.25) is 4.79 Å². The molecule has 0 radical (unpaired) electrons. The molecule has 2 heteroatoms. The molecule has 0 aromatic heterocycles. The van der Waals surface area contributed by atoms with E-state index < -0.39 is 0 Å². The average Bonchev–Trinajstić information content (AvgIpc) is 2.33. The third kappa shape index (κ3) is 5.56. The Balaban J connectivity index is 2.49. The summed E-state index contributed by atoms with van der Waals surface area (Å²) >= 11 is 0. The summed E-state index contributed by atoms with van der Waals surface area (Å²) in [6.45, 7) is 11.7. The van der Waals surface area contributed by atoms with Gasteiger partial charge in [-0.1, -0.05) is 58.9 Å². The van der Waals surface area contributed by atoms with Crippen LogP contribution >= 0.6 is 0 Å². The molecular formula is C17H27NO. The predicted molar refractivity (Wildman–Crippen MR) is 81.8 cm³/mol. The van der Waals surface area contributed by atoms with Gasteiger partial charge in [0.1, 0.15) is 0 Å². The van der Waals surface area contributed by atoms with E-state index in [0.717, 1.165) is 18.5 Å². The molecule has 0 heterocycles. The van der Waals surface area contributed by atoms with Crippen LogP contribution in [0.3, 0.4) is 0 Å². The number of benzene rings is 1. The van der Waals surface area contributed by atoms with Crippen molar-refractivity contribution >= 4 is 5.78 Å². The second-order valence-electron chi connectivity index (χ2n) is 6.46. The summed E-state index contributed by atoms with van der Waals surface area (Å²) in [6, 6.07) is 8.54. The average molecular weight is 261 g/mol. The summed E-state index contributed by atoms with van der Waals surface area (Å²) in [5, 5.41) is 3.33. The van der Waals surface area contributed by atoms with Crippen molar-refractivity contribution < 1.29 is 4.79 Å². The van der Waals surface area contributed by atoms with E-state index in [1.807, 2.05) is 12.1 Å². The van der Waals surface area contributed by atoms with Crippen molar-refractivity contribution in [1.82, 2.24) is 5.32 Å². The molecule has 2 nitrogen and oxygen atoms in total. The van der Waals surface area contributed by atoms with Gasteiger partial charge in [0.05, 0.1) is 0 Å². The van der Waals surface area contributed by atoms with E-state index >= 15 is 0 Å². The van der Waals surface area contributed by atoms with Gasteiger partial charge in [0, 0.05) is 18.0 Å². The number of ketones is 1. The second kappa shape index (κ2) is 6.85. The molecule has 0 aliphatic rings. The molecule has 0 spiro atoms. The van der Waals surface area contributed by atoms with Gasteiger partial charge in [-0.15, -0.1) is 0 Å². The van der Waals surface area contributed by atoms with E-state index in [0.29, 0.717) is 12.5 Å². The Morgan fingerprint density at radius 2 is 1.74 bits per heavy atom. The van der Waals surface area contributed by atoms with Gasteiger partial charge in [0.25, 0.3) is 0 Å². The number of carbonyl (C=O) groups is 1. The maximum absolute atomic E-state index is 12.0. The van der Waals surface area contributed by atoms with Crippen LogP contribution in [0, 0.1) is 0 Å². The Labute approximate surface area is 117 Å². The first-order chi connectivity index (χ1) is 8.80. The highest BCUT2D eigenvalue weighted by Gasteiger charge is 2.14. The minimum atomic E-state index is 0.142. The summed E-state index contributed by atoms with van der Waals surface area (Å²) in [4.78, 5) is 12.0. The smallest absolute Gasteiger partial charge is 0.162 e. The number of nitrogens with one attached hydrogen (secondary N) is 1. The molecule has 0 unspecified atom stereocenters. The maximum atomic E-state index is 12.0. The van der Waals surface area contributed by atoms with Gasteiger partial charge in [0.2, 0.25) is 0 Å². The summed E-state index contributed by atoms with van der Waals surface area (Å²) in [6.07, 6.45) is 1.52. The van der Waals surface area contributed by atoms with Gasteiger partial charge in [-0.2, -0.15) is 0 Å². The zero-order chi connectivity index (χ0) is 14.5. The van der Waals surface area contributed by atoms with Gasteiger partial charge >= 0.3 is 0 Å². The van der Waals surface area contributed by atoms with Crippen molar-refractivity contribution in [2.75, 3.05) is 6.54 Å². The van der Waals surface area contributed by atoms with Crippen molar-refractivity contribution in [2.45, 2.75) is 58.9 Å². The summed E-state index contributed by atoms with van der Waals surface area (Å²) in [5.41, 5.74) is 2.24. The first kappa shape index (κ1) is 15.9. The largest absolute Gasteiger partial charge is 0.315 e. The summed E-state index contributed by atoms with van der Waals surface area (Å²) in [7, 11) is 0. The molecule has 0 bridgehead atoms. The fraction of sp³-hybridized carbons (Fsp3) is 0.588. The highest BCUT2D eigenvalue weighted by molar-refractivity contribution is 5.96. The summed E-state index contributed by atoms with van der Waals surface area (Å²) < 4.78 is 0. The van der Waals surface area contributed by atoms with Crippen LogP contribution in [0.25, 0.3) is 0 Å². The summed E-state index contributed by atoms with van der Waals surface area (Å²) in [5.74, 6) is 0.242. The zero-order valence-electron chi connectivity index (χ0n) is 12.9. The van der Waals surface area contributed by atoms with Crippen LogP contribution < -0.4 is 5.32 Å². The van der Waals surface area contributed by atoms with E-state index in [-0.39, 0.29) is 11.2 Å². The van der Waals surface area contributed by atoms with Crippen LogP contribution in [0.15, 0.2) is 24.3 Å². The van der Waals surface area contributed by atoms with Crippen molar-refractivity contribution in [2.24, 2.45) is 0 Å². The van der Waals surface area contributed by atoms with Gasteiger partial charge in [-0.25, -0.2) is 0 Å². The molecule has 1 aromatic rings. The van der Waals surface area contributed by atoms with Crippen molar-refractivity contribution in [3.05, 3.63) is 35.4 Å². The molecule has 1 rings (SSSR count). The molecule has 1 aromatic carbocycles. The quantitative estimate of drug-likeness (QED) is 0.620. The first-order valence-corrected chi connectivity index (χ1v) is 7.18. The van der Waals surface area contributed by atoms with E-state index in [1.165, 1.54) is 5.56 Å². The van der Waals surface area contributed by atoms with E-state index in [2.05, 4.69) is 52.1 Å². The van der Waals surface area contributed by atoms with Crippen molar-refractivity contribution in [1.29, 1.82) is 0 Å². The molecule has 0 aliphatic carbocycles. The number of carbonyl (C=O) groups excluding carboxylic acids is 1. The van der Waals surface area contributed by atoms with Crippen LogP contribution in [-0.4, -0.2) is 18.4 Å². The molecule has 0 atom stereocenters. The van der Waals surface area contributed by atoms with Crippen LogP contribution in [0.1, 0.15) is 63.4 Å². The van der Waals surface area contributed by atoms with Crippen molar-refractivity contribution in [3.8, 4) is 0 Å². The van der Waals surface area contributed by atoms with Crippen LogP contribution in [0.5, 0.6) is 0 Å². The normalized spacial score (nSPS) is 11.9. The third-order valence-corrected chi connectivity index (χ3v) is 3.21. The van der Waals surface area contributed by atoms with Gasteiger partial charge in [-0.05, 0) is 23.9 Å². The molecule has 0 amide bonds. The fourth-order valence-electron chi connectivity index (χ4n) is 1.94. The highest BCUT2D eigenvalue weighted by Crippen LogP contribution is 2.22. The lowest BCUT2D eigenvalue weighted by atomic mass is 9.86. The number of hydrogen-bond acceptors (Lipinski definition) is 2. The Kier molecular flexibility index (Phi) is 5.74. The van der Waals surface area contributed by atoms with Gasteiger partial charge < -0.3 is 5.32 Å². The minimum Gasteiger partial charge on any atom is -0.315 e. The molecule has 106 valence electrons. The standard InChI is InChI=1S/C17H27NO/c1-13(2)18-12-6-7-16(19)14-8-10-15(11-9-14)17(3,4)5/h8-11,13,18H,6-7,12H2,1-5H3. The molecule has 0 fully saturated rings. The Bertz CT molecular complexity index is 398. The lowest BCUT2D eigenvalue weighted by Gasteiger charge is -2.19. The van der Waals surface area contributed by atoms with Crippen LogP contribution in [0.4, 0.5) is 0 Å². The molecule has 0 aliphatic heterocycles. The van der Waals surface area contributed by atoms with Gasteiger partial charge in [0.15, 0.2) is 5.78 Å². The zero-order valence-corrected chi connectivity index (χ0v) is 12.9. The fourth-order valence-corrected chi connectivity index (χ4v) is 1.94. The minimum absolute atomic E-state index is 0.142. The molecule has 0 saturated carbocycles. The maximum Gasteiger partial charge on any atom is 0.162 e. The number of rotatable bonds is 6. The Hall–Kier alpha value is -1.15. The number of Topliss-reactive ketones (excluding diaryl/α,β-unsaturated/α-hetero) is 1. The van der Waals surface area contributed by atoms with E-state index in [4.69, 9.17) is 0 Å². The molecule has 1 N–H and O–H groups in total. The first-order valence-electron chi connectivity index (χ1n) is 7.18. The van der Waals surface area contributed by atoms with Crippen LogP contribution in [-0.2, 0) is 5.41 Å². The lowest BCUT2D eigenvalue weighted by Crippen LogP contribution is -2.24. The third-order valence-electron chi connectivity index (χ3n) is 3.21. The van der Waals surface area contributed by atoms with E-state index in [9.17, 15) is 4.79 Å². The molecule has 19 heavy (non-hydrogen) atoms. The number of hydrogen-bond donors (Lipinski definition) is 1. The predicted octanol–water partition coefficient (Wildman–Crippen LogP) is 3.95. The monoisotopic (exact) mass is 261 g/mol. The molecular weight excluding hydrogens is 234 g/mol. The lowest BCUT2D eigenvalue weighted by molar-refractivity contribution is 0.0979. The molecule has 0 saturated heterocycles. The van der Waals surface area contributed by atoms with E-state index in [1.54, 1.807) is 0 Å². The Morgan fingerprint density at radius 3 is 2.21 bits per heavy atom. The van der Waals surface area contributed by atoms with Crippen LogP contribution in [0.2, 0.25) is 0 Å². The Morgan fingerprint density at radius 1 is 1.16 bits per heavy atom. The highest BCUT2D eigenvalue weighted by atomic mass is 16.1. The second-order valence-corrected chi connectivity index (χ2v) is 6.46. The topological polar surface area (TPSA) is 29.1 Å².